The van der Waals surface area contributed by atoms with E-state index in [0.29, 0.717) is 6.54 Å². The molecule has 0 atom stereocenters. The van der Waals surface area contributed by atoms with E-state index in [1.54, 1.807) is 30.6 Å². The average Bonchev–Trinajstić information content (AvgIpc) is 2.46. The monoisotopic (exact) mass is 290 g/mol. The molecule has 0 radical (unpaired) electrons. The fourth-order valence-corrected chi connectivity index (χ4v) is 1.80. The molecule has 1 heterocycles. The summed E-state index contributed by atoms with van der Waals surface area (Å²) in [5, 5.41) is 2.96. The minimum atomic E-state index is -0.462. The predicted molar refractivity (Wildman–Crippen MR) is 76.5 cm³/mol. The van der Waals surface area contributed by atoms with Crippen LogP contribution in [0.5, 0.6) is 0 Å². The Kier molecular flexibility index (Phi) is 4.85. The molecule has 0 saturated heterocycles. The Balaban J connectivity index is 1.96. The number of nitrogens with zero attached hydrogens (tertiary/aromatic N) is 1. The van der Waals surface area contributed by atoms with Crippen LogP contribution in [0, 0.1) is 5.82 Å². The van der Waals surface area contributed by atoms with Crippen molar-refractivity contribution in [1.82, 2.24) is 10.3 Å². The summed E-state index contributed by atoms with van der Waals surface area (Å²) in [4.78, 5) is 15.5. The third-order valence-electron chi connectivity index (χ3n) is 2.62. The zero-order valence-corrected chi connectivity index (χ0v) is 11.3. The van der Waals surface area contributed by atoms with E-state index in [1.165, 1.54) is 24.3 Å². The number of aromatic nitrogens is 1. The Morgan fingerprint density at radius 2 is 2.05 bits per heavy atom. The molecular formula is C15H12ClFN2O. The maximum atomic E-state index is 13.5. The highest BCUT2D eigenvalue weighted by Crippen LogP contribution is 2.20. The molecule has 0 aliphatic carbocycles. The van der Waals surface area contributed by atoms with E-state index >= 15 is 0 Å². The second kappa shape index (κ2) is 6.82. The van der Waals surface area contributed by atoms with Gasteiger partial charge in [0.1, 0.15) is 5.82 Å². The second-order valence-corrected chi connectivity index (χ2v) is 4.45. The number of carbonyl (C=O) groups is 1. The van der Waals surface area contributed by atoms with Crippen molar-refractivity contribution in [3.05, 3.63) is 70.8 Å². The highest BCUT2D eigenvalue weighted by Gasteiger charge is 2.03. The maximum Gasteiger partial charge on any atom is 0.244 e. The SMILES string of the molecule is O=C(C=Cc1c(F)cccc1Cl)NCc1ccncc1. The molecule has 1 amide bonds. The number of rotatable bonds is 4. The molecular weight excluding hydrogens is 279 g/mol. The van der Waals surface area contributed by atoms with Crippen molar-refractivity contribution in [2.45, 2.75) is 6.54 Å². The topological polar surface area (TPSA) is 42.0 Å². The minimum absolute atomic E-state index is 0.202. The van der Waals surface area contributed by atoms with Crippen LogP contribution < -0.4 is 5.32 Å². The minimum Gasteiger partial charge on any atom is -0.348 e. The van der Waals surface area contributed by atoms with Gasteiger partial charge in [0.05, 0.1) is 5.02 Å². The summed E-state index contributed by atoms with van der Waals surface area (Å²) in [7, 11) is 0. The molecule has 1 aromatic heterocycles. The lowest BCUT2D eigenvalue weighted by molar-refractivity contribution is -0.116. The summed E-state index contributed by atoms with van der Waals surface area (Å²) in [5.74, 6) is -0.781. The van der Waals surface area contributed by atoms with Gasteiger partial charge in [0, 0.05) is 30.6 Å². The van der Waals surface area contributed by atoms with Crippen molar-refractivity contribution in [2.24, 2.45) is 0 Å². The van der Waals surface area contributed by atoms with Gasteiger partial charge in [-0.05, 0) is 35.9 Å². The summed E-state index contributed by atoms with van der Waals surface area (Å²) in [6, 6.07) is 7.98. The summed E-state index contributed by atoms with van der Waals surface area (Å²) in [6.45, 7) is 0.386. The summed E-state index contributed by atoms with van der Waals surface area (Å²) in [6.07, 6.45) is 5.91. The van der Waals surface area contributed by atoms with Gasteiger partial charge >= 0.3 is 0 Å². The third-order valence-corrected chi connectivity index (χ3v) is 2.95. The Bertz CT molecular complexity index is 609. The molecule has 0 aliphatic heterocycles. The molecule has 0 unspecified atom stereocenters. The van der Waals surface area contributed by atoms with E-state index in [9.17, 15) is 9.18 Å². The van der Waals surface area contributed by atoms with Crippen molar-refractivity contribution in [3.8, 4) is 0 Å². The van der Waals surface area contributed by atoms with Crippen molar-refractivity contribution in [1.29, 1.82) is 0 Å². The highest BCUT2D eigenvalue weighted by molar-refractivity contribution is 6.32. The van der Waals surface area contributed by atoms with Crippen LogP contribution >= 0.6 is 11.6 Å². The standard InChI is InChI=1S/C15H12ClFN2O/c16-13-2-1-3-14(17)12(13)4-5-15(20)19-10-11-6-8-18-9-7-11/h1-9H,10H2,(H,19,20). The van der Waals surface area contributed by atoms with Gasteiger partial charge in [-0.1, -0.05) is 17.7 Å². The highest BCUT2D eigenvalue weighted by atomic mass is 35.5. The van der Waals surface area contributed by atoms with E-state index < -0.39 is 5.82 Å². The van der Waals surface area contributed by atoms with Gasteiger partial charge in [-0.25, -0.2) is 4.39 Å². The number of hydrogen-bond donors (Lipinski definition) is 1. The van der Waals surface area contributed by atoms with Crippen LogP contribution in [-0.2, 0) is 11.3 Å². The van der Waals surface area contributed by atoms with Gasteiger partial charge in [-0.15, -0.1) is 0 Å². The van der Waals surface area contributed by atoms with Gasteiger partial charge in [0.15, 0.2) is 0 Å². The Morgan fingerprint density at radius 3 is 2.75 bits per heavy atom. The second-order valence-electron chi connectivity index (χ2n) is 4.04. The molecule has 5 heteroatoms. The first-order valence-corrected chi connectivity index (χ1v) is 6.33. The van der Waals surface area contributed by atoms with Gasteiger partial charge in [-0.3, -0.25) is 9.78 Å². The van der Waals surface area contributed by atoms with E-state index in [-0.39, 0.29) is 16.5 Å². The molecule has 1 N–H and O–H groups in total. The lowest BCUT2D eigenvalue weighted by Gasteiger charge is -2.02. The lowest BCUT2D eigenvalue weighted by Crippen LogP contribution is -2.20. The Morgan fingerprint density at radius 1 is 1.30 bits per heavy atom. The molecule has 0 saturated carbocycles. The molecule has 3 nitrogen and oxygen atoms in total. The smallest absolute Gasteiger partial charge is 0.244 e. The molecule has 0 aliphatic rings. The quantitative estimate of drug-likeness (QED) is 0.879. The van der Waals surface area contributed by atoms with E-state index in [2.05, 4.69) is 10.3 Å². The molecule has 2 rings (SSSR count). The van der Waals surface area contributed by atoms with Crippen LogP contribution in [0.25, 0.3) is 6.08 Å². The van der Waals surface area contributed by atoms with E-state index in [4.69, 9.17) is 11.6 Å². The first-order valence-electron chi connectivity index (χ1n) is 5.95. The van der Waals surface area contributed by atoms with Crippen LogP contribution in [0.15, 0.2) is 48.8 Å². The summed E-state index contributed by atoms with van der Waals surface area (Å²) >= 11 is 5.86. The molecule has 2 aromatic rings. The van der Waals surface area contributed by atoms with Gasteiger partial charge in [-0.2, -0.15) is 0 Å². The number of carbonyl (C=O) groups excluding carboxylic acids is 1. The molecule has 0 spiro atoms. The van der Waals surface area contributed by atoms with E-state index in [1.807, 2.05) is 0 Å². The largest absolute Gasteiger partial charge is 0.348 e. The average molecular weight is 291 g/mol. The number of amides is 1. The molecule has 1 aromatic carbocycles. The predicted octanol–water partition coefficient (Wildman–Crippen LogP) is 3.20. The summed E-state index contributed by atoms with van der Waals surface area (Å²) in [5.41, 5.74) is 1.14. The van der Waals surface area contributed by atoms with Crippen molar-refractivity contribution >= 4 is 23.6 Å². The lowest BCUT2D eigenvalue weighted by atomic mass is 10.2. The zero-order valence-electron chi connectivity index (χ0n) is 10.5. The number of pyridine rings is 1. The Hall–Kier alpha value is -2.20. The number of hydrogen-bond acceptors (Lipinski definition) is 2. The summed E-state index contributed by atoms with van der Waals surface area (Å²) < 4.78 is 13.5. The fraction of sp³-hybridized carbons (Fsp3) is 0.0667. The molecule has 102 valence electrons. The molecule has 0 fully saturated rings. The first kappa shape index (κ1) is 14.2. The number of halogens is 2. The van der Waals surface area contributed by atoms with Crippen LogP contribution in [0.2, 0.25) is 5.02 Å². The third kappa shape index (κ3) is 3.90. The maximum absolute atomic E-state index is 13.5. The van der Waals surface area contributed by atoms with Crippen LogP contribution in [0.3, 0.4) is 0 Å². The van der Waals surface area contributed by atoms with Crippen molar-refractivity contribution < 1.29 is 9.18 Å². The number of nitrogens with one attached hydrogen (secondary N) is 1. The van der Waals surface area contributed by atoms with Gasteiger partial charge in [0.25, 0.3) is 0 Å². The first-order chi connectivity index (χ1) is 9.66. The van der Waals surface area contributed by atoms with Crippen LogP contribution in [0.4, 0.5) is 4.39 Å². The Labute approximate surface area is 121 Å². The molecule has 20 heavy (non-hydrogen) atoms. The van der Waals surface area contributed by atoms with E-state index in [0.717, 1.165) is 5.56 Å². The van der Waals surface area contributed by atoms with Crippen LogP contribution in [0.1, 0.15) is 11.1 Å². The fourth-order valence-electron chi connectivity index (χ4n) is 1.58. The number of benzene rings is 1. The normalized spacial score (nSPS) is 10.7. The van der Waals surface area contributed by atoms with Gasteiger partial charge in [0.2, 0.25) is 5.91 Å². The molecule has 0 bridgehead atoms. The van der Waals surface area contributed by atoms with Gasteiger partial charge < -0.3 is 5.32 Å². The van der Waals surface area contributed by atoms with Crippen molar-refractivity contribution in [3.63, 3.8) is 0 Å². The van der Waals surface area contributed by atoms with Crippen LogP contribution in [-0.4, -0.2) is 10.9 Å². The zero-order chi connectivity index (χ0) is 14.4. The van der Waals surface area contributed by atoms with Crippen molar-refractivity contribution in [2.75, 3.05) is 0 Å².